The van der Waals surface area contributed by atoms with E-state index >= 15 is 0 Å². The van der Waals surface area contributed by atoms with E-state index in [1.165, 1.54) is 28.8 Å². The first-order valence-corrected chi connectivity index (χ1v) is 24.4. The lowest BCUT2D eigenvalue weighted by molar-refractivity contribution is -0.384. The highest BCUT2D eigenvalue weighted by molar-refractivity contribution is 7.90. The molecule has 0 aromatic heterocycles. The predicted octanol–water partition coefficient (Wildman–Crippen LogP) is 9.65. The van der Waals surface area contributed by atoms with Crippen molar-refractivity contribution in [1.29, 1.82) is 0 Å². The van der Waals surface area contributed by atoms with Crippen molar-refractivity contribution in [1.82, 2.24) is 14.5 Å². The molecule has 0 bridgehead atoms. The van der Waals surface area contributed by atoms with Crippen LogP contribution in [0.4, 0.5) is 17.1 Å². The second kappa shape index (κ2) is 19.8. The molecule has 0 radical (unpaired) electrons. The second-order valence-electron chi connectivity index (χ2n) is 18.1. The van der Waals surface area contributed by atoms with E-state index in [1.54, 1.807) is 42.5 Å². The molecule has 4 aromatic carbocycles. The molecule has 2 aliphatic heterocycles. The number of rotatable bonds is 13. The van der Waals surface area contributed by atoms with Crippen molar-refractivity contribution in [2.45, 2.75) is 75.8 Å². The molecule has 0 unspecified atom stereocenters. The first-order valence-electron chi connectivity index (χ1n) is 22.2. The molecule has 0 atom stereocenters. The summed E-state index contributed by atoms with van der Waals surface area (Å²) < 4.78 is 41.4. The van der Waals surface area contributed by atoms with Crippen LogP contribution in [0.2, 0.25) is 10.0 Å². The van der Waals surface area contributed by atoms with Crippen LogP contribution in [0.1, 0.15) is 74.7 Å². The molecule has 1 amide bonds. The number of morpholine rings is 1. The smallest absolute Gasteiger partial charge is 0.293 e. The van der Waals surface area contributed by atoms with Gasteiger partial charge in [0.15, 0.2) is 0 Å². The number of piperazine rings is 1. The average Bonchev–Trinajstić information content (AvgIpc) is 3.28. The predicted molar refractivity (Wildman–Crippen MR) is 252 cm³/mol. The molecule has 0 spiro atoms. The molecule has 16 heteroatoms. The van der Waals surface area contributed by atoms with E-state index in [2.05, 4.69) is 50.7 Å². The van der Waals surface area contributed by atoms with Gasteiger partial charge in [0, 0.05) is 85.8 Å². The summed E-state index contributed by atoms with van der Waals surface area (Å²) in [6, 6.07) is 24.1. The van der Waals surface area contributed by atoms with Crippen molar-refractivity contribution < 1.29 is 27.6 Å². The van der Waals surface area contributed by atoms with Gasteiger partial charge in [-0.15, -0.1) is 0 Å². The third kappa shape index (κ3) is 11.2. The Balaban J connectivity index is 0.958. The summed E-state index contributed by atoms with van der Waals surface area (Å²) >= 11 is 12.5. The van der Waals surface area contributed by atoms with Gasteiger partial charge in [0.1, 0.15) is 17.2 Å². The molecule has 13 nitrogen and oxygen atoms in total. The van der Waals surface area contributed by atoms with Crippen molar-refractivity contribution in [3.63, 3.8) is 0 Å². The van der Waals surface area contributed by atoms with Gasteiger partial charge in [-0.05, 0) is 116 Å². The van der Waals surface area contributed by atoms with Gasteiger partial charge < -0.3 is 19.7 Å². The number of nitrogens with zero attached hydrogens (tertiary/aromatic N) is 4. The van der Waals surface area contributed by atoms with Crippen molar-refractivity contribution in [2.24, 2.45) is 5.41 Å². The Labute approximate surface area is 385 Å². The lowest BCUT2D eigenvalue weighted by atomic mass is 9.72. The van der Waals surface area contributed by atoms with Crippen LogP contribution in [0.15, 0.2) is 95.4 Å². The molecular weight excluding hydrogens is 876 g/mol. The number of nitro groups is 1. The summed E-state index contributed by atoms with van der Waals surface area (Å²) in [6.45, 7) is 11.9. The first-order chi connectivity index (χ1) is 30.7. The lowest BCUT2D eigenvalue weighted by Crippen LogP contribution is -2.47. The standard InChI is InChI=1S/C48H56Cl2N6O7S/c1-48(2)19-18-34(43(31-48)33-6-8-35(49)9-7-33)32-53-20-22-54(23-21-53)39-14-16-42(46(29-39)63-40-5-3-4-36(50)28-40)47(57)52-64(60,61)41-15-17-44(45(30-41)56(58)59)51-37-10-12-38(13-11-37)55-24-26-62-27-25-55/h3-9,14-17,28-30,37-38,51H,10-13,18-27,31-32H2,1-2H3,(H,52,57)/t37-,38-. The van der Waals surface area contributed by atoms with Gasteiger partial charge in [-0.2, -0.15) is 0 Å². The van der Waals surface area contributed by atoms with E-state index in [0.717, 1.165) is 121 Å². The number of anilines is 2. The van der Waals surface area contributed by atoms with Gasteiger partial charge in [0.2, 0.25) is 0 Å². The number of hydrogen-bond acceptors (Lipinski definition) is 11. The number of amides is 1. The Morgan fingerprint density at radius 1 is 0.891 bits per heavy atom. The third-order valence-corrected chi connectivity index (χ3v) is 14.9. The van der Waals surface area contributed by atoms with Crippen LogP contribution < -0.4 is 19.7 Å². The summed E-state index contributed by atoms with van der Waals surface area (Å²) in [5, 5.41) is 16.7. The minimum absolute atomic E-state index is 0.00362. The van der Waals surface area contributed by atoms with Crippen LogP contribution >= 0.6 is 23.2 Å². The number of allylic oxidation sites excluding steroid dienone is 1. The SMILES string of the molecule is CC1(C)CCC(CN2CCN(c3ccc(C(=O)NS(=O)(=O)c4ccc(N[C@H]5CC[C@H](N6CCOCC6)CC5)c([N+](=O)[O-])c4)c(Oc4cccc(Cl)c4)c3)CC2)=C(c2ccc(Cl)cc2)C1. The van der Waals surface area contributed by atoms with Crippen molar-refractivity contribution in [3.05, 3.63) is 122 Å². The highest BCUT2D eigenvalue weighted by Gasteiger charge is 2.32. The van der Waals surface area contributed by atoms with Crippen LogP contribution in [0.25, 0.3) is 5.57 Å². The maximum Gasteiger partial charge on any atom is 0.293 e. The maximum absolute atomic E-state index is 13.9. The number of nitrogens with one attached hydrogen (secondary N) is 2. The zero-order valence-electron chi connectivity index (χ0n) is 36.4. The average molecular weight is 932 g/mol. The number of carbonyl (C=O) groups excluding carboxylic acids is 1. The minimum atomic E-state index is -4.56. The number of ether oxygens (including phenoxy) is 2. The van der Waals surface area contributed by atoms with Crippen LogP contribution in [0.3, 0.4) is 0 Å². The van der Waals surface area contributed by atoms with Crippen molar-refractivity contribution >= 4 is 61.8 Å². The monoisotopic (exact) mass is 930 g/mol. The Hall–Kier alpha value is -4.70. The Morgan fingerprint density at radius 2 is 1.62 bits per heavy atom. The molecule has 340 valence electrons. The van der Waals surface area contributed by atoms with E-state index in [-0.39, 0.29) is 34.1 Å². The summed E-state index contributed by atoms with van der Waals surface area (Å²) in [5.41, 5.74) is 4.96. The first kappa shape index (κ1) is 45.9. The Kier molecular flexibility index (Phi) is 14.2. The van der Waals surface area contributed by atoms with E-state index in [1.807, 2.05) is 12.1 Å². The highest BCUT2D eigenvalue weighted by atomic mass is 35.5. The van der Waals surface area contributed by atoms with Gasteiger partial charge in [-0.1, -0.05) is 60.8 Å². The van der Waals surface area contributed by atoms with Crippen molar-refractivity contribution in [2.75, 3.05) is 69.2 Å². The highest BCUT2D eigenvalue weighted by Crippen LogP contribution is 2.44. The molecule has 2 aliphatic carbocycles. The summed E-state index contributed by atoms with van der Waals surface area (Å²) in [4.78, 5) is 32.4. The number of benzene rings is 4. The topological polar surface area (TPSA) is 147 Å². The third-order valence-electron chi connectivity index (χ3n) is 13.1. The zero-order valence-corrected chi connectivity index (χ0v) is 38.7. The van der Waals surface area contributed by atoms with Gasteiger partial charge in [0.25, 0.3) is 21.6 Å². The fourth-order valence-corrected chi connectivity index (χ4v) is 10.8. The summed E-state index contributed by atoms with van der Waals surface area (Å²) in [5.74, 6) is -0.456. The number of carbonyl (C=O) groups is 1. The number of hydrogen-bond donors (Lipinski definition) is 2. The van der Waals surface area contributed by atoms with E-state index < -0.39 is 25.7 Å². The van der Waals surface area contributed by atoms with Crippen LogP contribution in [0, 0.1) is 15.5 Å². The largest absolute Gasteiger partial charge is 0.456 e. The van der Waals surface area contributed by atoms with E-state index in [4.69, 9.17) is 32.7 Å². The molecule has 4 aromatic rings. The van der Waals surface area contributed by atoms with Gasteiger partial charge in [-0.25, -0.2) is 13.1 Å². The van der Waals surface area contributed by atoms with Crippen LogP contribution in [-0.4, -0.2) is 100 Å². The molecule has 64 heavy (non-hydrogen) atoms. The van der Waals surface area contributed by atoms with Gasteiger partial charge in [-0.3, -0.25) is 24.7 Å². The van der Waals surface area contributed by atoms with Crippen molar-refractivity contribution in [3.8, 4) is 11.5 Å². The molecule has 8 rings (SSSR count). The maximum atomic E-state index is 13.9. The molecule has 2 N–H and O–H groups in total. The van der Waals surface area contributed by atoms with E-state index in [9.17, 15) is 23.3 Å². The molecule has 4 aliphatic rings. The molecular formula is C48H56Cl2N6O7S. The van der Waals surface area contributed by atoms with Crippen LogP contribution in [-0.2, 0) is 14.8 Å². The molecule has 2 saturated heterocycles. The summed E-state index contributed by atoms with van der Waals surface area (Å²) in [6.07, 6.45) is 6.76. The minimum Gasteiger partial charge on any atom is -0.456 e. The number of halogens is 2. The van der Waals surface area contributed by atoms with E-state index in [0.29, 0.717) is 16.8 Å². The molecule has 2 heterocycles. The number of nitro benzene ring substituents is 1. The molecule has 1 saturated carbocycles. The lowest BCUT2D eigenvalue weighted by Gasteiger charge is -2.39. The Bertz CT molecular complexity index is 2480. The molecule has 3 fully saturated rings. The van der Waals surface area contributed by atoms with Crippen LogP contribution in [0.5, 0.6) is 11.5 Å². The fourth-order valence-electron chi connectivity index (χ4n) is 9.47. The normalized spacial score (nSPS) is 21.0. The number of sulfonamides is 1. The second-order valence-corrected chi connectivity index (χ2v) is 20.7. The quantitative estimate of drug-likeness (QED) is 0.0976. The van der Waals surface area contributed by atoms with Gasteiger partial charge in [0.05, 0.1) is 28.6 Å². The Morgan fingerprint density at radius 3 is 2.33 bits per heavy atom. The van der Waals surface area contributed by atoms with Gasteiger partial charge >= 0.3 is 0 Å². The zero-order chi connectivity index (χ0) is 45.0. The fraction of sp³-hybridized carbons (Fsp3) is 0.438. The summed E-state index contributed by atoms with van der Waals surface area (Å²) in [7, 11) is -4.56.